The van der Waals surface area contributed by atoms with Crippen LogP contribution in [-0.4, -0.2) is 11.1 Å². The summed E-state index contributed by atoms with van der Waals surface area (Å²) in [6.07, 6.45) is 8.82. The van der Waals surface area contributed by atoms with E-state index in [0.717, 1.165) is 6.42 Å². The smallest absolute Gasteiger partial charge is 0.0338 e. The van der Waals surface area contributed by atoms with E-state index in [2.05, 4.69) is 53.4 Å². The molecule has 0 amide bonds. The highest BCUT2D eigenvalue weighted by Gasteiger charge is 2.28. The number of unbranched alkanes of at least 4 members (excludes halogenated alkanes) is 3. The van der Waals surface area contributed by atoms with Crippen molar-refractivity contribution in [2.24, 2.45) is 0 Å². The van der Waals surface area contributed by atoms with Gasteiger partial charge >= 0.3 is 0 Å². The van der Waals surface area contributed by atoms with Crippen LogP contribution in [-0.2, 0) is 0 Å². The van der Waals surface area contributed by atoms with E-state index in [1.165, 1.54) is 44.1 Å². The normalized spacial score (nSPS) is 12.8. The number of hydrogen-bond donors (Lipinski definition) is 1. The van der Waals surface area contributed by atoms with Crippen LogP contribution in [0.4, 0.5) is 0 Å². The number of nitrogens with one attached hydrogen (secondary N) is 1. The minimum absolute atomic E-state index is 0.0465. The Morgan fingerprint density at radius 2 is 1.50 bits per heavy atom. The lowest BCUT2D eigenvalue weighted by Crippen LogP contribution is -2.52. The van der Waals surface area contributed by atoms with Gasteiger partial charge in [-0.15, -0.1) is 0 Å². The van der Waals surface area contributed by atoms with Crippen molar-refractivity contribution in [2.75, 3.05) is 0 Å². The average Bonchev–Trinajstić information content (AvgIpc) is 2.24. The third kappa shape index (κ3) is 7.20. The molecule has 0 saturated heterocycles. The highest BCUT2D eigenvalue weighted by atomic mass is 15.0. The van der Waals surface area contributed by atoms with E-state index in [-0.39, 0.29) is 11.1 Å². The SMILES string of the molecule is C=C(CCCC)C(C)(C)NC(C)(C)CCCCC. The molecule has 0 aromatic rings. The van der Waals surface area contributed by atoms with E-state index in [9.17, 15) is 0 Å². The molecule has 0 aliphatic rings. The molecule has 0 unspecified atom stereocenters. The average molecular weight is 253 g/mol. The summed E-state index contributed by atoms with van der Waals surface area (Å²) in [5.41, 5.74) is 1.59. The fraction of sp³-hybridized carbons (Fsp3) is 0.882. The van der Waals surface area contributed by atoms with Gasteiger partial charge in [0.2, 0.25) is 0 Å². The van der Waals surface area contributed by atoms with E-state index in [1.807, 2.05) is 0 Å². The fourth-order valence-corrected chi connectivity index (χ4v) is 2.52. The molecule has 0 saturated carbocycles. The van der Waals surface area contributed by atoms with Crippen LogP contribution in [0.15, 0.2) is 12.2 Å². The molecular formula is C17H35N. The summed E-state index contributed by atoms with van der Waals surface area (Å²) in [5.74, 6) is 0. The van der Waals surface area contributed by atoms with Gasteiger partial charge in [-0.2, -0.15) is 0 Å². The molecule has 108 valence electrons. The molecule has 0 radical (unpaired) electrons. The standard InChI is InChI=1S/C17H35N/c1-8-10-12-14-16(4,5)18-17(6,7)15(3)13-11-9-2/h18H,3,8-14H2,1-2,4-7H3. The van der Waals surface area contributed by atoms with Crippen molar-refractivity contribution < 1.29 is 0 Å². The first kappa shape index (κ1) is 17.7. The third-order valence-corrected chi connectivity index (χ3v) is 3.77. The first-order chi connectivity index (χ1) is 8.25. The van der Waals surface area contributed by atoms with Gasteiger partial charge in [0.05, 0.1) is 0 Å². The van der Waals surface area contributed by atoms with Gasteiger partial charge in [-0.3, -0.25) is 0 Å². The number of hydrogen-bond acceptors (Lipinski definition) is 1. The molecular weight excluding hydrogens is 218 g/mol. The van der Waals surface area contributed by atoms with Crippen molar-refractivity contribution >= 4 is 0 Å². The Morgan fingerprint density at radius 3 is 2.00 bits per heavy atom. The second-order valence-electron chi connectivity index (χ2n) is 6.80. The van der Waals surface area contributed by atoms with Crippen molar-refractivity contribution in [1.82, 2.24) is 5.32 Å². The quantitative estimate of drug-likeness (QED) is 0.402. The summed E-state index contributed by atoms with van der Waals surface area (Å²) >= 11 is 0. The largest absolute Gasteiger partial charge is 0.303 e. The molecule has 0 rings (SSSR count). The molecule has 0 fully saturated rings. The number of rotatable bonds is 10. The van der Waals surface area contributed by atoms with Crippen LogP contribution in [0, 0.1) is 0 Å². The van der Waals surface area contributed by atoms with Gasteiger partial charge in [0, 0.05) is 11.1 Å². The van der Waals surface area contributed by atoms with Gasteiger partial charge in [0.25, 0.3) is 0 Å². The van der Waals surface area contributed by atoms with E-state index >= 15 is 0 Å². The van der Waals surface area contributed by atoms with Crippen LogP contribution in [0.2, 0.25) is 0 Å². The van der Waals surface area contributed by atoms with E-state index in [0.29, 0.717) is 0 Å². The molecule has 0 aromatic carbocycles. The molecule has 0 spiro atoms. The zero-order chi connectivity index (χ0) is 14.2. The summed E-state index contributed by atoms with van der Waals surface area (Å²) in [6.45, 7) is 18.0. The zero-order valence-electron chi connectivity index (χ0n) is 13.7. The molecule has 1 N–H and O–H groups in total. The second-order valence-corrected chi connectivity index (χ2v) is 6.80. The minimum atomic E-state index is 0.0465. The van der Waals surface area contributed by atoms with Gasteiger partial charge in [0.1, 0.15) is 0 Å². The maximum atomic E-state index is 4.28. The van der Waals surface area contributed by atoms with Crippen molar-refractivity contribution in [3.05, 3.63) is 12.2 Å². The molecule has 1 heteroatoms. The van der Waals surface area contributed by atoms with Crippen LogP contribution >= 0.6 is 0 Å². The molecule has 0 aromatic heterocycles. The van der Waals surface area contributed by atoms with Gasteiger partial charge in [-0.1, -0.05) is 51.7 Å². The monoisotopic (exact) mass is 253 g/mol. The fourth-order valence-electron chi connectivity index (χ4n) is 2.52. The van der Waals surface area contributed by atoms with Crippen LogP contribution in [0.1, 0.15) is 86.5 Å². The maximum Gasteiger partial charge on any atom is 0.0338 e. The summed E-state index contributed by atoms with van der Waals surface area (Å²) in [5, 5.41) is 3.80. The molecule has 0 aliphatic heterocycles. The molecule has 0 aliphatic carbocycles. The predicted molar refractivity (Wildman–Crippen MR) is 84.1 cm³/mol. The lowest BCUT2D eigenvalue weighted by Gasteiger charge is -2.39. The first-order valence-electron chi connectivity index (χ1n) is 7.72. The van der Waals surface area contributed by atoms with Crippen LogP contribution in [0.3, 0.4) is 0 Å². The lowest BCUT2D eigenvalue weighted by atomic mass is 9.86. The van der Waals surface area contributed by atoms with Crippen LogP contribution in [0.5, 0.6) is 0 Å². The molecule has 0 heterocycles. The highest BCUT2D eigenvalue weighted by Crippen LogP contribution is 2.25. The Balaban J connectivity index is 4.30. The Hall–Kier alpha value is -0.300. The van der Waals surface area contributed by atoms with Crippen molar-refractivity contribution in [2.45, 2.75) is 97.6 Å². The van der Waals surface area contributed by atoms with Crippen LogP contribution in [0.25, 0.3) is 0 Å². The Kier molecular flexibility index (Phi) is 7.86. The van der Waals surface area contributed by atoms with Gasteiger partial charge in [-0.05, 0) is 47.0 Å². The first-order valence-corrected chi connectivity index (χ1v) is 7.72. The highest BCUT2D eigenvalue weighted by molar-refractivity contribution is 5.14. The molecule has 18 heavy (non-hydrogen) atoms. The summed E-state index contributed by atoms with van der Waals surface area (Å²) in [6, 6.07) is 0. The topological polar surface area (TPSA) is 12.0 Å². The molecule has 0 atom stereocenters. The van der Waals surface area contributed by atoms with Crippen molar-refractivity contribution in [3.63, 3.8) is 0 Å². The Labute approximate surface area is 115 Å². The Morgan fingerprint density at radius 1 is 0.944 bits per heavy atom. The zero-order valence-corrected chi connectivity index (χ0v) is 13.7. The van der Waals surface area contributed by atoms with Gasteiger partial charge in [-0.25, -0.2) is 0 Å². The summed E-state index contributed by atoms with van der Waals surface area (Å²) in [4.78, 5) is 0. The Bertz CT molecular complexity index is 238. The molecule has 1 nitrogen and oxygen atoms in total. The van der Waals surface area contributed by atoms with Crippen molar-refractivity contribution in [3.8, 4) is 0 Å². The summed E-state index contributed by atoms with van der Waals surface area (Å²) in [7, 11) is 0. The summed E-state index contributed by atoms with van der Waals surface area (Å²) < 4.78 is 0. The van der Waals surface area contributed by atoms with E-state index in [4.69, 9.17) is 0 Å². The third-order valence-electron chi connectivity index (χ3n) is 3.77. The van der Waals surface area contributed by atoms with Gasteiger partial charge < -0.3 is 5.32 Å². The minimum Gasteiger partial charge on any atom is -0.303 e. The maximum absolute atomic E-state index is 4.28. The predicted octanol–water partition coefficient (Wildman–Crippen LogP) is 5.46. The van der Waals surface area contributed by atoms with Crippen molar-refractivity contribution in [1.29, 1.82) is 0 Å². The molecule has 0 bridgehead atoms. The second kappa shape index (κ2) is 7.99. The van der Waals surface area contributed by atoms with E-state index in [1.54, 1.807) is 0 Å². The lowest BCUT2D eigenvalue weighted by molar-refractivity contribution is 0.269. The van der Waals surface area contributed by atoms with Crippen LogP contribution < -0.4 is 5.32 Å². The van der Waals surface area contributed by atoms with Gasteiger partial charge in [0.15, 0.2) is 0 Å². The van der Waals surface area contributed by atoms with E-state index < -0.39 is 0 Å².